The lowest BCUT2D eigenvalue weighted by Crippen LogP contribution is -2.52. The number of rotatable bonds is 9. The Bertz CT molecular complexity index is 1970. The van der Waals surface area contributed by atoms with Gasteiger partial charge in [0, 0.05) is 28.5 Å². The molecule has 0 saturated carbocycles. The zero-order valence-electron chi connectivity index (χ0n) is 25.5. The molecular weight excluding hydrogens is 644 g/mol. The van der Waals surface area contributed by atoms with Crippen LogP contribution in [0.1, 0.15) is 41.7 Å². The fourth-order valence-electron chi connectivity index (χ4n) is 4.74. The van der Waals surface area contributed by atoms with E-state index in [0.717, 1.165) is 31.2 Å². The van der Waals surface area contributed by atoms with Crippen LogP contribution in [0.4, 0.5) is 37.7 Å². The Labute approximate surface area is 269 Å². The molecule has 1 heterocycles. The monoisotopic (exact) mass is 671 g/mol. The molecule has 15 heteroatoms. The second kappa shape index (κ2) is 13.0. The van der Waals surface area contributed by atoms with Crippen molar-refractivity contribution in [1.29, 1.82) is 10.5 Å². The zero-order chi connectivity index (χ0) is 35.7. The second-order valence-corrected chi connectivity index (χ2v) is 11.4. The number of ether oxygens (including phenoxy) is 1. The first-order valence-electron chi connectivity index (χ1n) is 14.0. The van der Waals surface area contributed by atoms with Crippen molar-refractivity contribution < 1.29 is 45.8 Å². The number of amides is 2. The van der Waals surface area contributed by atoms with Crippen LogP contribution in [0.15, 0.2) is 66.9 Å². The highest BCUT2D eigenvalue weighted by molar-refractivity contribution is 5.98. The minimum absolute atomic E-state index is 0.165. The number of aliphatic hydroxyl groups is 1. The van der Waals surface area contributed by atoms with Gasteiger partial charge in [-0.2, -0.15) is 36.9 Å². The number of aryl methyl sites for hydroxylation is 1. The quantitative estimate of drug-likeness (QED) is 0.173. The van der Waals surface area contributed by atoms with Crippen LogP contribution >= 0.6 is 0 Å². The molecule has 9 nitrogen and oxygen atoms in total. The van der Waals surface area contributed by atoms with E-state index in [1.54, 1.807) is 6.92 Å². The van der Waals surface area contributed by atoms with Crippen molar-refractivity contribution >= 4 is 34.1 Å². The molecule has 0 fully saturated rings. The fourth-order valence-corrected chi connectivity index (χ4v) is 4.74. The van der Waals surface area contributed by atoms with Crippen LogP contribution in [-0.4, -0.2) is 39.3 Å². The Hall–Kier alpha value is -5.38. The van der Waals surface area contributed by atoms with E-state index in [-0.39, 0.29) is 22.3 Å². The van der Waals surface area contributed by atoms with Gasteiger partial charge in [0.2, 0.25) is 0 Å². The van der Waals surface area contributed by atoms with Crippen LogP contribution in [-0.2, 0) is 33.2 Å². The third-order valence-corrected chi connectivity index (χ3v) is 7.52. The molecule has 4 aromatic rings. The van der Waals surface area contributed by atoms with Gasteiger partial charge >= 0.3 is 12.4 Å². The summed E-state index contributed by atoms with van der Waals surface area (Å²) in [6.07, 6.45) is -8.17. The highest BCUT2D eigenvalue weighted by atomic mass is 19.4. The number of benzene rings is 3. The summed E-state index contributed by atoms with van der Waals surface area (Å²) in [5.74, 6) is -1.99. The molecule has 0 spiro atoms. The lowest BCUT2D eigenvalue weighted by Gasteiger charge is -2.33. The lowest BCUT2D eigenvalue weighted by atomic mass is 10.0. The lowest BCUT2D eigenvalue weighted by molar-refractivity contribution is -0.159. The van der Waals surface area contributed by atoms with Crippen LogP contribution < -0.4 is 10.6 Å². The van der Waals surface area contributed by atoms with Gasteiger partial charge in [0.15, 0.2) is 11.2 Å². The van der Waals surface area contributed by atoms with Crippen LogP contribution in [0.2, 0.25) is 0 Å². The van der Waals surface area contributed by atoms with Crippen molar-refractivity contribution in [2.24, 2.45) is 0 Å². The molecule has 2 atom stereocenters. The summed E-state index contributed by atoms with van der Waals surface area (Å²) in [5.41, 5.74) is -6.19. The fraction of sp³-hybridized carbons (Fsp3) is 0.273. The van der Waals surface area contributed by atoms with Gasteiger partial charge in [0.25, 0.3) is 11.8 Å². The maximum atomic E-state index is 13.7. The van der Waals surface area contributed by atoms with Gasteiger partial charge in [-0.25, -0.2) is 0 Å². The Kier molecular flexibility index (Phi) is 9.62. The van der Waals surface area contributed by atoms with E-state index in [0.29, 0.717) is 17.2 Å². The molecule has 2 unspecified atom stereocenters. The van der Waals surface area contributed by atoms with Crippen LogP contribution in [0, 0.1) is 29.6 Å². The standard InChI is InChI=1S/C33H27F6N5O4/c1-19-12-24(7-4-21(19)15-40)42-28(45)30(2,47)18-48-31(3,17-44-11-10-20-13-23(32(34,35)36)6-9-27(20)44)29(46)43-25-8-5-22(16-41)26(14-25)33(37,38)39/h4-14,47H,17-18H2,1-3H3,(H,42,45)(H,43,46). The molecule has 0 bridgehead atoms. The molecule has 0 radical (unpaired) electrons. The number of alkyl halides is 6. The van der Waals surface area contributed by atoms with E-state index in [1.165, 1.54) is 54.1 Å². The number of nitrogens with zero attached hydrogens (tertiary/aromatic N) is 3. The van der Waals surface area contributed by atoms with Crippen molar-refractivity contribution in [3.05, 3.63) is 94.7 Å². The Balaban J connectivity index is 1.65. The van der Waals surface area contributed by atoms with Crippen molar-refractivity contribution in [1.82, 2.24) is 4.57 Å². The summed E-state index contributed by atoms with van der Waals surface area (Å²) in [6.45, 7) is 2.71. The van der Waals surface area contributed by atoms with E-state index in [2.05, 4.69) is 10.6 Å². The van der Waals surface area contributed by atoms with Gasteiger partial charge in [0.05, 0.1) is 47.5 Å². The highest BCUT2D eigenvalue weighted by Crippen LogP contribution is 2.35. The van der Waals surface area contributed by atoms with Crippen molar-refractivity contribution in [3.63, 3.8) is 0 Å². The molecule has 250 valence electrons. The third-order valence-electron chi connectivity index (χ3n) is 7.52. The average Bonchev–Trinajstić information content (AvgIpc) is 3.41. The average molecular weight is 672 g/mol. The number of nitrogens with one attached hydrogen (secondary N) is 2. The van der Waals surface area contributed by atoms with E-state index in [9.17, 15) is 41.0 Å². The summed E-state index contributed by atoms with van der Waals surface area (Å²) in [6, 6.07) is 14.6. The zero-order valence-corrected chi connectivity index (χ0v) is 25.5. The molecule has 0 aliphatic heterocycles. The Morgan fingerprint density at radius 2 is 1.44 bits per heavy atom. The van der Waals surface area contributed by atoms with Crippen LogP contribution in [0.3, 0.4) is 0 Å². The van der Waals surface area contributed by atoms with Crippen LogP contribution in [0.25, 0.3) is 10.9 Å². The van der Waals surface area contributed by atoms with E-state index in [1.807, 2.05) is 6.07 Å². The molecule has 4 rings (SSSR count). The van der Waals surface area contributed by atoms with Gasteiger partial charge in [-0.3, -0.25) is 9.59 Å². The van der Waals surface area contributed by atoms with E-state index >= 15 is 0 Å². The molecule has 0 saturated heterocycles. The molecular formula is C33H27F6N5O4. The highest BCUT2D eigenvalue weighted by Gasteiger charge is 2.41. The van der Waals surface area contributed by atoms with Crippen molar-refractivity contribution in [3.8, 4) is 12.1 Å². The molecule has 3 aromatic carbocycles. The predicted molar refractivity (Wildman–Crippen MR) is 161 cm³/mol. The van der Waals surface area contributed by atoms with Crippen molar-refractivity contribution in [2.75, 3.05) is 17.2 Å². The molecule has 1 aromatic heterocycles. The van der Waals surface area contributed by atoms with Gasteiger partial charge < -0.3 is 25.0 Å². The summed E-state index contributed by atoms with van der Waals surface area (Å²) in [5, 5.41) is 34.3. The largest absolute Gasteiger partial charge is 0.417 e. The number of carbonyl (C=O) groups is 2. The Morgan fingerprint density at radius 3 is 2.02 bits per heavy atom. The predicted octanol–water partition coefficient (Wildman–Crippen LogP) is 6.53. The van der Waals surface area contributed by atoms with Gasteiger partial charge in [-0.15, -0.1) is 0 Å². The normalized spacial score (nSPS) is 14.3. The van der Waals surface area contributed by atoms with E-state index < -0.39 is 65.2 Å². The first kappa shape index (κ1) is 35.5. The number of aromatic nitrogens is 1. The number of fused-ring (bicyclic) bond motifs is 1. The molecule has 0 aliphatic carbocycles. The SMILES string of the molecule is Cc1cc(NC(=O)C(C)(O)COC(C)(Cn2ccc3cc(C(F)(F)F)ccc32)C(=O)Nc2ccc(C#N)c(C(F)(F)F)c2)ccc1C#N. The first-order chi connectivity index (χ1) is 22.3. The maximum Gasteiger partial charge on any atom is 0.417 e. The first-order valence-corrected chi connectivity index (χ1v) is 14.0. The van der Waals surface area contributed by atoms with Crippen LogP contribution in [0.5, 0.6) is 0 Å². The number of nitriles is 2. The molecule has 2 amide bonds. The molecule has 48 heavy (non-hydrogen) atoms. The molecule has 3 N–H and O–H groups in total. The third kappa shape index (κ3) is 7.76. The topological polar surface area (TPSA) is 140 Å². The number of halogens is 6. The number of carbonyl (C=O) groups excluding carboxylic acids is 2. The minimum Gasteiger partial charge on any atom is -0.378 e. The summed E-state index contributed by atoms with van der Waals surface area (Å²) in [7, 11) is 0. The van der Waals surface area contributed by atoms with Gasteiger partial charge in [-0.05, 0) is 87.0 Å². The number of anilines is 2. The summed E-state index contributed by atoms with van der Waals surface area (Å²) >= 11 is 0. The minimum atomic E-state index is -4.93. The summed E-state index contributed by atoms with van der Waals surface area (Å²) in [4.78, 5) is 26.8. The number of hydrogen-bond donors (Lipinski definition) is 3. The molecule has 0 aliphatic rings. The maximum absolute atomic E-state index is 13.7. The van der Waals surface area contributed by atoms with Gasteiger partial charge in [-0.1, -0.05) is 0 Å². The Morgan fingerprint density at radius 1 is 0.833 bits per heavy atom. The van der Waals surface area contributed by atoms with E-state index in [4.69, 9.17) is 15.3 Å². The smallest absolute Gasteiger partial charge is 0.378 e. The summed E-state index contributed by atoms with van der Waals surface area (Å²) < 4.78 is 87.9. The van der Waals surface area contributed by atoms with Gasteiger partial charge in [0.1, 0.15) is 0 Å². The number of hydrogen-bond acceptors (Lipinski definition) is 6. The second-order valence-electron chi connectivity index (χ2n) is 11.4. The van der Waals surface area contributed by atoms with Crippen molar-refractivity contribution in [2.45, 2.75) is 50.9 Å².